The summed E-state index contributed by atoms with van der Waals surface area (Å²) < 4.78 is 11.2. The summed E-state index contributed by atoms with van der Waals surface area (Å²) in [5.41, 5.74) is 0. The molecular formula is C7H14O2S. The van der Waals surface area contributed by atoms with Gasteiger partial charge in [0.25, 0.3) is 0 Å². The van der Waals surface area contributed by atoms with E-state index in [4.69, 9.17) is 0 Å². The smallest absolute Gasteiger partial charge is 0.213 e. The maximum atomic E-state index is 11.2. The lowest BCUT2D eigenvalue weighted by Crippen LogP contribution is -2.21. The van der Waals surface area contributed by atoms with E-state index < -0.39 is 9.52 Å². The number of hydrogen-bond donors (Lipinski definition) is 0. The Morgan fingerprint density at radius 1 is 1.60 bits per heavy atom. The molecule has 1 atom stereocenters. The van der Waals surface area contributed by atoms with Crippen LogP contribution < -0.4 is 0 Å². The summed E-state index contributed by atoms with van der Waals surface area (Å²) in [5, 5.41) is -0.213. The van der Waals surface area contributed by atoms with Crippen LogP contribution in [0.5, 0.6) is 0 Å². The monoisotopic (exact) mass is 162 g/mol. The molecule has 0 radical (unpaired) electrons. The molecule has 0 bridgehead atoms. The van der Waals surface area contributed by atoms with Crippen molar-refractivity contribution in [2.75, 3.05) is 5.75 Å². The average molecular weight is 162 g/mol. The van der Waals surface area contributed by atoms with Gasteiger partial charge in [0.15, 0.2) is 0 Å². The zero-order valence-corrected chi connectivity index (χ0v) is 7.53. The second-order valence-corrected chi connectivity index (χ2v) is 5.18. The molecule has 10 heavy (non-hydrogen) atoms. The Labute approximate surface area is 62.6 Å². The maximum Gasteiger partial charge on any atom is 0.213 e. The van der Waals surface area contributed by atoms with Gasteiger partial charge >= 0.3 is 0 Å². The van der Waals surface area contributed by atoms with Gasteiger partial charge in [0.05, 0.1) is 0 Å². The molecule has 0 amide bonds. The Kier molecular flexibility index (Phi) is 3.09. The molecule has 0 rings (SSSR count). The van der Waals surface area contributed by atoms with Crippen molar-refractivity contribution in [1.82, 2.24) is 0 Å². The van der Waals surface area contributed by atoms with Crippen LogP contribution in [-0.4, -0.2) is 20.9 Å². The fourth-order valence-electron chi connectivity index (χ4n) is 0.572. The standard InChI is InChI=1S/C7H14O2S/c1-5-10(4,9)7(8)6(2)3/h6H,4-5H2,1-3H3. The average Bonchev–Trinajstić information content (AvgIpc) is 1.86. The molecule has 0 spiro atoms. The van der Waals surface area contributed by atoms with Crippen LogP contribution >= 0.6 is 0 Å². The van der Waals surface area contributed by atoms with E-state index in [0.29, 0.717) is 5.75 Å². The zero-order valence-electron chi connectivity index (χ0n) is 6.72. The van der Waals surface area contributed by atoms with Crippen LogP contribution in [-0.2, 0) is 14.3 Å². The van der Waals surface area contributed by atoms with Crippen molar-refractivity contribution in [2.24, 2.45) is 5.92 Å². The summed E-state index contributed by atoms with van der Waals surface area (Å²) in [4.78, 5) is 11.1. The van der Waals surface area contributed by atoms with Gasteiger partial charge in [-0.05, 0) is 5.87 Å². The fourth-order valence-corrected chi connectivity index (χ4v) is 1.72. The van der Waals surface area contributed by atoms with E-state index in [0.717, 1.165) is 0 Å². The van der Waals surface area contributed by atoms with Gasteiger partial charge in [0.1, 0.15) is 0 Å². The molecule has 1 unspecified atom stereocenters. The van der Waals surface area contributed by atoms with Gasteiger partial charge < -0.3 is 0 Å². The Morgan fingerprint density at radius 3 is 2.10 bits per heavy atom. The number of carbonyl (C=O) groups is 1. The summed E-state index contributed by atoms with van der Waals surface area (Å²) in [5.74, 6) is 3.58. The molecule has 3 heteroatoms. The predicted octanol–water partition coefficient (Wildman–Crippen LogP) is 0.905. The highest BCUT2D eigenvalue weighted by Crippen LogP contribution is 2.02. The van der Waals surface area contributed by atoms with Crippen molar-refractivity contribution >= 4 is 20.5 Å². The summed E-state index contributed by atoms with van der Waals surface area (Å²) in [6.07, 6.45) is 0. The molecule has 0 aromatic carbocycles. The van der Waals surface area contributed by atoms with Crippen LogP contribution in [0.15, 0.2) is 0 Å². The quantitative estimate of drug-likeness (QED) is 0.565. The lowest BCUT2D eigenvalue weighted by atomic mass is 10.3. The fraction of sp³-hybridized carbons (Fsp3) is 0.714. The zero-order chi connectivity index (χ0) is 8.36. The third kappa shape index (κ3) is 2.14. The molecule has 0 aliphatic rings. The van der Waals surface area contributed by atoms with E-state index in [1.54, 1.807) is 20.8 Å². The van der Waals surface area contributed by atoms with Gasteiger partial charge in [-0.3, -0.25) is 9.00 Å². The van der Waals surface area contributed by atoms with Gasteiger partial charge in [-0.25, -0.2) is 0 Å². The van der Waals surface area contributed by atoms with Crippen LogP contribution in [0.1, 0.15) is 20.8 Å². The highest BCUT2D eigenvalue weighted by Gasteiger charge is 2.16. The molecule has 0 heterocycles. The van der Waals surface area contributed by atoms with Crippen molar-refractivity contribution in [2.45, 2.75) is 20.8 Å². The Bertz CT molecular complexity index is 212. The van der Waals surface area contributed by atoms with Crippen LogP contribution in [0.2, 0.25) is 0 Å². The third-order valence-electron chi connectivity index (χ3n) is 1.30. The first-order valence-corrected chi connectivity index (χ1v) is 5.20. The Hall–Kier alpha value is -0.310. The van der Waals surface area contributed by atoms with Crippen molar-refractivity contribution in [3.8, 4) is 0 Å². The number of carbonyl (C=O) groups excluding carboxylic acids is 1. The predicted molar refractivity (Wildman–Crippen MR) is 45.6 cm³/mol. The van der Waals surface area contributed by atoms with E-state index in [-0.39, 0.29) is 11.0 Å². The van der Waals surface area contributed by atoms with Gasteiger partial charge in [-0.1, -0.05) is 20.8 Å². The molecule has 0 fully saturated rings. The number of rotatable bonds is 2. The molecular weight excluding hydrogens is 148 g/mol. The first-order chi connectivity index (χ1) is 4.41. The van der Waals surface area contributed by atoms with Gasteiger partial charge in [-0.2, -0.15) is 0 Å². The van der Waals surface area contributed by atoms with Crippen LogP contribution in [0, 0.1) is 5.92 Å². The third-order valence-corrected chi connectivity index (χ3v) is 3.44. The van der Waals surface area contributed by atoms with Crippen molar-refractivity contribution in [3.63, 3.8) is 0 Å². The molecule has 0 saturated heterocycles. The van der Waals surface area contributed by atoms with Crippen molar-refractivity contribution in [3.05, 3.63) is 0 Å². The van der Waals surface area contributed by atoms with E-state index >= 15 is 0 Å². The Balaban J connectivity index is 4.53. The molecule has 60 valence electrons. The van der Waals surface area contributed by atoms with Gasteiger partial charge in [-0.15, -0.1) is 0 Å². The summed E-state index contributed by atoms with van der Waals surface area (Å²) in [6.45, 7) is 5.20. The van der Waals surface area contributed by atoms with Crippen LogP contribution in [0.25, 0.3) is 0 Å². The van der Waals surface area contributed by atoms with Crippen molar-refractivity contribution < 1.29 is 9.00 Å². The highest BCUT2D eigenvalue weighted by molar-refractivity contribution is 8.13. The van der Waals surface area contributed by atoms with Gasteiger partial charge in [0, 0.05) is 21.2 Å². The maximum absolute atomic E-state index is 11.2. The summed E-state index contributed by atoms with van der Waals surface area (Å²) in [7, 11) is -2.44. The molecule has 0 aromatic rings. The van der Waals surface area contributed by atoms with Crippen molar-refractivity contribution in [1.29, 1.82) is 0 Å². The Morgan fingerprint density at radius 2 is 2.00 bits per heavy atom. The molecule has 0 N–H and O–H groups in total. The molecule has 0 aliphatic heterocycles. The van der Waals surface area contributed by atoms with Crippen LogP contribution in [0.3, 0.4) is 0 Å². The lowest BCUT2D eigenvalue weighted by molar-refractivity contribution is -0.113. The van der Waals surface area contributed by atoms with E-state index in [1.807, 2.05) is 0 Å². The van der Waals surface area contributed by atoms with E-state index in [2.05, 4.69) is 5.87 Å². The minimum Gasteiger partial charge on any atom is -0.285 e. The summed E-state index contributed by atoms with van der Waals surface area (Å²) >= 11 is 0. The minimum atomic E-state index is -2.44. The summed E-state index contributed by atoms with van der Waals surface area (Å²) in [6, 6.07) is 0. The van der Waals surface area contributed by atoms with Crippen LogP contribution in [0.4, 0.5) is 0 Å². The molecule has 0 saturated carbocycles. The molecule has 2 nitrogen and oxygen atoms in total. The second-order valence-electron chi connectivity index (χ2n) is 2.57. The van der Waals surface area contributed by atoms with E-state index in [1.165, 1.54) is 0 Å². The van der Waals surface area contributed by atoms with E-state index in [9.17, 15) is 9.00 Å². The molecule has 0 aliphatic carbocycles. The first kappa shape index (κ1) is 9.69. The molecule has 0 aromatic heterocycles. The topological polar surface area (TPSA) is 34.1 Å². The minimum absolute atomic E-state index is 0.162. The normalized spacial score (nSPS) is 16.8. The largest absolute Gasteiger partial charge is 0.285 e. The SMILES string of the molecule is C=S(=O)(CC)C(=O)C(C)C. The highest BCUT2D eigenvalue weighted by atomic mass is 32.2. The first-order valence-electron chi connectivity index (χ1n) is 3.30. The van der Waals surface area contributed by atoms with Gasteiger partial charge in [0.2, 0.25) is 5.12 Å². The lowest BCUT2D eigenvalue weighted by Gasteiger charge is -2.06. The number of hydrogen-bond acceptors (Lipinski definition) is 2. The second kappa shape index (κ2) is 3.19.